The highest BCUT2D eigenvalue weighted by atomic mass is 16.3. The quantitative estimate of drug-likeness (QED) is 0.901. The van der Waals surface area contributed by atoms with E-state index in [9.17, 15) is 9.90 Å². The second-order valence-electron chi connectivity index (χ2n) is 4.96. The van der Waals surface area contributed by atoms with Gasteiger partial charge in [-0.3, -0.25) is 9.20 Å². The van der Waals surface area contributed by atoms with Gasteiger partial charge >= 0.3 is 0 Å². The van der Waals surface area contributed by atoms with Crippen LogP contribution in [0.5, 0.6) is 5.75 Å². The number of rotatable bonds is 4. The van der Waals surface area contributed by atoms with Gasteiger partial charge in [0.1, 0.15) is 0 Å². The molecule has 18 heavy (non-hydrogen) atoms. The van der Waals surface area contributed by atoms with Gasteiger partial charge in [-0.15, -0.1) is 0 Å². The van der Waals surface area contributed by atoms with Crippen molar-refractivity contribution in [3.05, 3.63) is 40.4 Å². The van der Waals surface area contributed by atoms with Crippen LogP contribution in [0.15, 0.2) is 29.2 Å². The van der Waals surface area contributed by atoms with Gasteiger partial charge in [0, 0.05) is 18.0 Å². The second-order valence-corrected chi connectivity index (χ2v) is 4.96. The highest BCUT2D eigenvalue weighted by molar-refractivity contribution is 5.52. The van der Waals surface area contributed by atoms with Crippen molar-refractivity contribution in [2.75, 3.05) is 0 Å². The molecule has 2 aromatic heterocycles. The average molecular weight is 246 g/mol. The standard InChI is InChI=1S/C14H18N2O2/c1-10(2)5-3-6-11-9-13(18)16-8-4-7-12(17)14(16)15-11/h4,7-10,17H,3,5-6H2,1-2H3. The maximum atomic E-state index is 11.9. The van der Waals surface area contributed by atoms with Gasteiger partial charge in [-0.1, -0.05) is 20.3 Å². The van der Waals surface area contributed by atoms with E-state index in [1.165, 1.54) is 4.40 Å². The first-order valence-corrected chi connectivity index (χ1v) is 6.28. The Morgan fingerprint density at radius 2 is 2.22 bits per heavy atom. The van der Waals surface area contributed by atoms with Crippen molar-refractivity contribution < 1.29 is 5.11 Å². The van der Waals surface area contributed by atoms with Crippen molar-refractivity contribution in [1.82, 2.24) is 9.38 Å². The first-order valence-electron chi connectivity index (χ1n) is 6.28. The van der Waals surface area contributed by atoms with Gasteiger partial charge in [0.2, 0.25) is 0 Å². The number of nitrogens with zero attached hydrogens (tertiary/aromatic N) is 2. The molecule has 0 radical (unpaired) electrons. The highest BCUT2D eigenvalue weighted by Gasteiger charge is 2.06. The van der Waals surface area contributed by atoms with Gasteiger partial charge in [-0.05, 0) is 30.9 Å². The van der Waals surface area contributed by atoms with Crippen LogP contribution in [0.25, 0.3) is 5.65 Å². The fraction of sp³-hybridized carbons (Fsp3) is 0.429. The molecule has 0 aliphatic heterocycles. The van der Waals surface area contributed by atoms with Crippen molar-refractivity contribution in [3.8, 4) is 5.75 Å². The predicted octanol–water partition coefficient (Wildman–Crippen LogP) is 2.38. The van der Waals surface area contributed by atoms with Crippen LogP contribution in [0, 0.1) is 5.92 Å². The molecule has 4 heteroatoms. The topological polar surface area (TPSA) is 54.6 Å². The molecule has 0 saturated heterocycles. The maximum absolute atomic E-state index is 11.9. The normalized spacial score (nSPS) is 11.3. The van der Waals surface area contributed by atoms with E-state index in [4.69, 9.17) is 0 Å². The lowest BCUT2D eigenvalue weighted by Gasteiger charge is -2.06. The first-order chi connectivity index (χ1) is 8.58. The van der Waals surface area contributed by atoms with Crippen LogP contribution in [-0.4, -0.2) is 14.5 Å². The van der Waals surface area contributed by atoms with E-state index in [1.807, 2.05) is 0 Å². The molecule has 0 saturated carbocycles. The van der Waals surface area contributed by atoms with Crippen molar-refractivity contribution in [1.29, 1.82) is 0 Å². The number of aromatic nitrogens is 2. The van der Waals surface area contributed by atoms with E-state index >= 15 is 0 Å². The zero-order valence-corrected chi connectivity index (χ0v) is 10.8. The Labute approximate surface area is 106 Å². The molecular formula is C14H18N2O2. The van der Waals surface area contributed by atoms with Crippen LogP contribution in [-0.2, 0) is 6.42 Å². The largest absolute Gasteiger partial charge is 0.504 e. The van der Waals surface area contributed by atoms with Crippen molar-refractivity contribution in [3.63, 3.8) is 0 Å². The molecule has 0 spiro atoms. The summed E-state index contributed by atoms with van der Waals surface area (Å²) in [5.41, 5.74) is 0.946. The summed E-state index contributed by atoms with van der Waals surface area (Å²) in [6.45, 7) is 4.35. The summed E-state index contributed by atoms with van der Waals surface area (Å²) in [7, 11) is 0. The molecule has 96 valence electrons. The van der Waals surface area contributed by atoms with Crippen LogP contribution >= 0.6 is 0 Å². The molecule has 0 atom stereocenters. The van der Waals surface area contributed by atoms with Crippen LogP contribution in [0.2, 0.25) is 0 Å². The van der Waals surface area contributed by atoms with E-state index in [0.29, 0.717) is 11.6 Å². The summed E-state index contributed by atoms with van der Waals surface area (Å²) in [6, 6.07) is 4.72. The molecule has 0 fully saturated rings. The van der Waals surface area contributed by atoms with E-state index in [-0.39, 0.29) is 11.3 Å². The number of pyridine rings is 1. The Bertz CT molecular complexity index is 602. The Hall–Kier alpha value is -1.84. The Morgan fingerprint density at radius 3 is 2.94 bits per heavy atom. The third-order valence-corrected chi connectivity index (χ3v) is 2.94. The zero-order chi connectivity index (χ0) is 13.1. The van der Waals surface area contributed by atoms with Crippen LogP contribution in [0.1, 0.15) is 32.4 Å². The fourth-order valence-electron chi connectivity index (χ4n) is 1.98. The Balaban J connectivity index is 2.31. The molecule has 2 heterocycles. The third kappa shape index (κ3) is 2.70. The lowest BCUT2D eigenvalue weighted by atomic mass is 10.1. The fourth-order valence-corrected chi connectivity index (χ4v) is 1.98. The highest BCUT2D eigenvalue weighted by Crippen LogP contribution is 2.14. The molecule has 2 aromatic rings. The summed E-state index contributed by atoms with van der Waals surface area (Å²) in [5.74, 6) is 0.695. The number of aryl methyl sites for hydroxylation is 1. The van der Waals surface area contributed by atoms with Crippen molar-refractivity contribution in [2.24, 2.45) is 5.92 Å². The van der Waals surface area contributed by atoms with Crippen molar-refractivity contribution in [2.45, 2.75) is 33.1 Å². The van der Waals surface area contributed by atoms with Crippen LogP contribution in [0.4, 0.5) is 0 Å². The van der Waals surface area contributed by atoms with Gasteiger partial charge in [0.05, 0.1) is 0 Å². The molecule has 0 aliphatic carbocycles. The molecule has 1 N–H and O–H groups in total. The van der Waals surface area contributed by atoms with Crippen LogP contribution in [0.3, 0.4) is 0 Å². The Kier molecular flexibility index (Phi) is 3.65. The Morgan fingerprint density at radius 1 is 1.44 bits per heavy atom. The second kappa shape index (κ2) is 5.21. The number of hydrogen-bond acceptors (Lipinski definition) is 3. The molecule has 4 nitrogen and oxygen atoms in total. The van der Waals surface area contributed by atoms with Gasteiger partial charge in [0.25, 0.3) is 5.56 Å². The third-order valence-electron chi connectivity index (χ3n) is 2.94. The minimum atomic E-state index is -0.143. The molecular weight excluding hydrogens is 228 g/mol. The van der Waals surface area contributed by atoms with Gasteiger partial charge < -0.3 is 5.11 Å². The molecule has 0 aliphatic rings. The zero-order valence-electron chi connectivity index (χ0n) is 10.8. The smallest absolute Gasteiger partial charge is 0.258 e. The SMILES string of the molecule is CC(C)CCCc1cc(=O)n2cccc(O)c2n1. The summed E-state index contributed by atoms with van der Waals surface area (Å²) in [4.78, 5) is 16.2. The van der Waals surface area contributed by atoms with Gasteiger partial charge in [-0.25, -0.2) is 4.98 Å². The molecule has 0 aromatic carbocycles. The lowest BCUT2D eigenvalue weighted by Crippen LogP contribution is -2.15. The van der Waals surface area contributed by atoms with E-state index in [0.717, 1.165) is 25.0 Å². The predicted molar refractivity (Wildman–Crippen MR) is 70.9 cm³/mol. The number of aromatic hydroxyl groups is 1. The van der Waals surface area contributed by atoms with E-state index in [1.54, 1.807) is 24.4 Å². The van der Waals surface area contributed by atoms with Gasteiger partial charge in [0.15, 0.2) is 11.4 Å². The molecule has 0 bridgehead atoms. The lowest BCUT2D eigenvalue weighted by molar-refractivity contribution is 0.476. The molecule has 0 amide bonds. The minimum Gasteiger partial charge on any atom is -0.504 e. The maximum Gasteiger partial charge on any atom is 0.258 e. The number of hydrogen-bond donors (Lipinski definition) is 1. The van der Waals surface area contributed by atoms with E-state index < -0.39 is 0 Å². The average Bonchev–Trinajstić information content (AvgIpc) is 2.30. The van der Waals surface area contributed by atoms with Gasteiger partial charge in [-0.2, -0.15) is 0 Å². The summed E-state index contributed by atoms with van der Waals surface area (Å²) in [5, 5.41) is 9.71. The minimum absolute atomic E-state index is 0.0420. The summed E-state index contributed by atoms with van der Waals surface area (Å²) in [6.07, 6.45) is 4.51. The summed E-state index contributed by atoms with van der Waals surface area (Å²) >= 11 is 0. The van der Waals surface area contributed by atoms with Crippen LogP contribution < -0.4 is 5.56 Å². The first kappa shape index (κ1) is 12.6. The number of fused-ring (bicyclic) bond motifs is 1. The monoisotopic (exact) mass is 246 g/mol. The van der Waals surface area contributed by atoms with Crippen molar-refractivity contribution >= 4 is 5.65 Å². The summed E-state index contributed by atoms with van der Waals surface area (Å²) < 4.78 is 1.36. The van der Waals surface area contributed by atoms with E-state index in [2.05, 4.69) is 18.8 Å². The molecule has 0 unspecified atom stereocenters. The molecule has 2 rings (SSSR count).